The van der Waals surface area contributed by atoms with Crippen LogP contribution in [0.2, 0.25) is 5.02 Å². The van der Waals surface area contributed by atoms with Crippen LogP contribution in [0.1, 0.15) is 5.56 Å². The number of benzene rings is 2. The molecule has 0 spiro atoms. The smallest absolute Gasteiger partial charge is 0.114 e. The zero-order valence-corrected chi connectivity index (χ0v) is 9.69. The van der Waals surface area contributed by atoms with Gasteiger partial charge < -0.3 is 4.90 Å². The molecule has 3 rings (SSSR count). The lowest BCUT2D eigenvalue weighted by atomic mass is 10.1. The van der Waals surface area contributed by atoms with Crippen molar-refractivity contribution in [1.82, 2.24) is 0 Å². The molecule has 0 aliphatic carbocycles. The van der Waals surface area contributed by atoms with Crippen LogP contribution < -0.4 is 4.90 Å². The molecule has 2 aromatic carbocycles. The summed E-state index contributed by atoms with van der Waals surface area (Å²) in [5.41, 5.74) is 2.26. The van der Waals surface area contributed by atoms with Crippen molar-refractivity contribution in [1.29, 1.82) is 0 Å². The van der Waals surface area contributed by atoms with Gasteiger partial charge in [-0.2, -0.15) is 0 Å². The van der Waals surface area contributed by atoms with Gasteiger partial charge in [0, 0.05) is 28.4 Å². The molecule has 0 bridgehead atoms. The summed E-state index contributed by atoms with van der Waals surface area (Å²) in [4.78, 5) is 2.90. The van der Waals surface area contributed by atoms with Crippen LogP contribution in [0.5, 0.6) is 0 Å². The molecule has 1 aliphatic rings. The molecule has 0 saturated carbocycles. The van der Waals surface area contributed by atoms with Crippen LogP contribution in [-0.2, 0) is 0 Å². The summed E-state index contributed by atoms with van der Waals surface area (Å²) < 4.78 is 0. The largest absolute Gasteiger partial charge is 0.335 e. The zero-order chi connectivity index (χ0) is 10.6. The predicted octanol–water partition coefficient (Wildman–Crippen LogP) is 3.62. The molecule has 1 nitrogen and oxygen atoms in total. The Hall–Kier alpha value is -1.12. The molecule has 2 aromatic rings. The highest BCUT2D eigenvalue weighted by Gasteiger charge is 2.23. The Labute approximate surface area is 98.3 Å². The van der Waals surface area contributed by atoms with Crippen molar-refractivity contribution in [2.24, 2.45) is 0 Å². The first-order chi connectivity index (χ1) is 7.20. The summed E-state index contributed by atoms with van der Waals surface area (Å²) in [6.45, 7) is 0. The van der Waals surface area contributed by atoms with Crippen LogP contribution in [0.25, 0.3) is 10.8 Å². The second kappa shape index (κ2) is 2.94. The first kappa shape index (κ1) is 9.13. The fraction of sp³-hybridized carbons (Fsp3) is 0.0833. The number of hydrogen-bond acceptors (Lipinski definition) is 1. The second-order valence-corrected chi connectivity index (χ2v) is 4.45. The van der Waals surface area contributed by atoms with E-state index in [0.717, 1.165) is 26.6 Å². The van der Waals surface area contributed by atoms with Crippen molar-refractivity contribution in [3.8, 4) is 0 Å². The van der Waals surface area contributed by atoms with E-state index in [0.29, 0.717) is 0 Å². The molecule has 3 heteroatoms. The van der Waals surface area contributed by atoms with Crippen LogP contribution >= 0.6 is 23.8 Å². The lowest BCUT2D eigenvalue weighted by Gasteiger charge is -2.12. The third kappa shape index (κ3) is 1.06. The highest BCUT2D eigenvalue weighted by molar-refractivity contribution is 7.81. The number of hydrogen-bond donors (Lipinski definition) is 0. The fourth-order valence-electron chi connectivity index (χ4n) is 2.10. The Bertz CT molecular complexity index is 591. The molecule has 1 aliphatic heterocycles. The van der Waals surface area contributed by atoms with E-state index in [1.807, 2.05) is 42.3 Å². The molecule has 1 heterocycles. The summed E-state index contributed by atoms with van der Waals surface area (Å²) in [6.07, 6.45) is 0. The van der Waals surface area contributed by atoms with Gasteiger partial charge in [0.25, 0.3) is 0 Å². The van der Waals surface area contributed by atoms with E-state index in [4.69, 9.17) is 23.8 Å². The van der Waals surface area contributed by atoms with E-state index in [2.05, 4.69) is 0 Å². The van der Waals surface area contributed by atoms with Crippen molar-refractivity contribution in [3.05, 3.63) is 40.9 Å². The maximum Gasteiger partial charge on any atom is 0.114 e. The lowest BCUT2D eigenvalue weighted by Crippen LogP contribution is -2.19. The first-order valence-electron chi connectivity index (χ1n) is 4.69. The number of nitrogens with zero attached hydrogens (tertiary/aromatic N) is 1. The normalized spacial score (nSPS) is 14.0. The molecule has 0 radical (unpaired) electrons. The molecule has 15 heavy (non-hydrogen) atoms. The average molecular weight is 234 g/mol. The molecular formula is C12H8ClNS. The maximum absolute atomic E-state index is 6.16. The van der Waals surface area contributed by atoms with Gasteiger partial charge in [-0.25, -0.2) is 0 Å². The number of thiocarbonyl (C=S) groups is 1. The van der Waals surface area contributed by atoms with Gasteiger partial charge in [-0.05, 0) is 12.1 Å². The van der Waals surface area contributed by atoms with E-state index in [1.165, 1.54) is 5.39 Å². The minimum Gasteiger partial charge on any atom is -0.335 e. The minimum atomic E-state index is 0.786. The molecule has 0 aromatic heterocycles. The van der Waals surface area contributed by atoms with Crippen molar-refractivity contribution >= 4 is 45.3 Å². The van der Waals surface area contributed by atoms with Gasteiger partial charge in [0.1, 0.15) is 4.99 Å². The van der Waals surface area contributed by atoms with E-state index < -0.39 is 0 Å². The molecule has 0 atom stereocenters. The van der Waals surface area contributed by atoms with Crippen LogP contribution in [0, 0.1) is 0 Å². The fourth-order valence-corrected chi connectivity index (χ4v) is 2.59. The summed E-state index contributed by atoms with van der Waals surface area (Å²) in [7, 11) is 1.99. The highest BCUT2D eigenvalue weighted by atomic mass is 35.5. The van der Waals surface area contributed by atoms with E-state index >= 15 is 0 Å². The molecule has 0 amide bonds. The van der Waals surface area contributed by atoms with Gasteiger partial charge in [0.2, 0.25) is 0 Å². The highest BCUT2D eigenvalue weighted by Crippen LogP contribution is 2.39. The molecule has 0 fully saturated rings. The number of anilines is 1. The lowest BCUT2D eigenvalue weighted by molar-refractivity contribution is 1.33. The number of rotatable bonds is 0. The third-order valence-electron chi connectivity index (χ3n) is 2.86. The quantitative estimate of drug-likeness (QED) is 0.640. The molecule has 0 unspecified atom stereocenters. The molecule has 0 N–H and O–H groups in total. The van der Waals surface area contributed by atoms with Gasteiger partial charge >= 0.3 is 0 Å². The summed E-state index contributed by atoms with van der Waals surface area (Å²) in [5, 5.41) is 3.05. The first-order valence-corrected chi connectivity index (χ1v) is 5.48. The van der Waals surface area contributed by atoms with Crippen LogP contribution in [0.4, 0.5) is 5.69 Å². The van der Waals surface area contributed by atoms with E-state index in [-0.39, 0.29) is 0 Å². The van der Waals surface area contributed by atoms with E-state index in [9.17, 15) is 0 Å². The Morgan fingerprint density at radius 3 is 2.80 bits per heavy atom. The van der Waals surface area contributed by atoms with Crippen molar-refractivity contribution in [2.45, 2.75) is 0 Å². The van der Waals surface area contributed by atoms with Gasteiger partial charge in [-0.3, -0.25) is 0 Å². The predicted molar refractivity (Wildman–Crippen MR) is 69.1 cm³/mol. The van der Waals surface area contributed by atoms with Crippen LogP contribution in [-0.4, -0.2) is 12.0 Å². The van der Waals surface area contributed by atoms with Crippen molar-refractivity contribution < 1.29 is 0 Å². The van der Waals surface area contributed by atoms with Gasteiger partial charge in [0.05, 0.1) is 5.69 Å². The summed E-state index contributed by atoms with van der Waals surface area (Å²) in [5.74, 6) is 0. The Kier molecular flexibility index (Phi) is 1.79. The van der Waals surface area contributed by atoms with Gasteiger partial charge in [-0.15, -0.1) is 0 Å². The number of halogens is 1. The van der Waals surface area contributed by atoms with Crippen molar-refractivity contribution in [3.63, 3.8) is 0 Å². The summed E-state index contributed by atoms with van der Waals surface area (Å²) in [6, 6.07) is 10.0. The Morgan fingerprint density at radius 2 is 2.00 bits per heavy atom. The SMILES string of the molecule is CN1C(=S)c2cccc3c(Cl)ccc1c23. The Balaban J connectivity index is 2.56. The standard InChI is InChI=1S/C12H8ClNS/c1-14-10-6-5-9(13)7-3-2-4-8(11(7)10)12(14)15/h2-6H,1H3. The summed E-state index contributed by atoms with van der Waals surface area (Å²) >= 11 is 11.5. The Morgan fingerprint density at radius 1 is 1.20 bits per heavy atom. The molecule has 0 saturated heterocycles. The third-order valence-corrected chi connectivity index (χ3v) is 3.69. The van der Waals surface area contributed by atoms with Gasteiger partial charge in [-0.1, -0.05) is 42.0 Å². The topological polar surface area (TPSA) is 3.24 Å². The maximum atomic E-state index is 6.16. The second-order valence-electron chi connectivity index (χ2n) is 3.66. The van der Waals surface area contributed by atoms with Crippen LogP contribution in [0.15, 0.2) is 30.3 Å². The van der Waals surface area contributed by atoms with Crippen LogP contribution in [0.3, 0.4) is 0 Å². The van der Waals surface area contributed by atoms with E-state index in [1.54, 1.807) is 0 Å². The van der Waals surface area contributed by atoms with Crippen molar-refractivity contribution in [2.75, 3.05) is 11.9 Å². The molecule has 74 valence electrons. The zero-order valence-electron chi connectivity index (χ0n) is 8.12. The van der Waals surface area contributed by atoms with Gasteiger partial charge in [0.15, 0.2) is 0 Å². The monoisotopic (exact) mass is 233 g/mol. The minimum absolute atomic E-state index is 0.786. The molecular weight excluding hydrogens is 226 g/mol. The average Bonchev–Trinajstić information content (AvgIpc) is 2.50.